The number of alkyl halides is 2. The largest absolute Gasteiger partial charge is 0.375 e. The molecule has 4 aromatic rings. The van der Waals surface area contributed by atoms with Gasteiger partial charge in [0.15, 0.2) is 0 Å². The Kier molecular flexibility index (Phi) is 4.29. The van der Waals surface area contributed by atoms with Crippen molar-refractivity contribution in [3.63, 3.8) is 0 Å². The predicted octanol–water partition coefficient (Wildman–Crippen LogP) is 4.72. The fourth-order valence-corrected chi connectivity index (χ4v) is 4.12. The first-order chi connectivity index (χ1) is 13.9. The summed E-state index contributed by atoms with van der Waals surface area (Å²) >= 11 is 6.20. The summed E-state index contributed by atoms with van der Waals surface area (Å²) < 4.78 is 41.6. The lowest BCUT2D eigenvalue weighted by molar-refractivity contribution is -0.147. The van der Waals surface area contributed by atoms with E-state index in [9.17, 15) is 8.78 Å². The number of pyridine rings is 1. The molecule has 150 valence electrons. The van der Waals surface area contributed by atoms with Gasteiger partial charge < -0.3 is 13.8 Å². The van der Waals surface area contributed by atoms with Crippen molar-refractivity contribution < 1.29 is 18.0 Å². The molecular formula is C20H17ClF2N4O2. The third kappa shape index (κ3) is 3.16. The van der Waals surface area contributed by atoms with Gasteiger partial charge in [0.25, 0.3) is 5.92 Å². The van der Waals surface area contributed by atoms with Gasteiger partial charge in [0.1, 0.15) is 29.8 Å². The summed E-state index contributed by atoms with van der Waals surface area (Å²) in [6.45, 7) is 1.42. The van der Waals surface area contributed by atoms with Gasteiger partial charge in [0.05, 0.1) is 29.3 Å². The van der Waals surface area contributed by atoms with E-state index in [0.717, 1.165) is 0 Å². The molecular weight excluding hydrogens is 402 g/mol. The molecule has 1 aliphatic heterocycles. The third-order valence-corrected chi connectivity index (χ3v) is 5.43. The van der Waals surface area contributed by atoms with Crippen LogP contribution >= 0.6 is 11.6 Å². The average molecular weight is 419 g/mol. The summed E-state index contributed by atoms with van der Waals surface area (Å²) in [5, 5.41) is 5.20. The Morgan fingerprint density at radius 2 is 2.14 bits per heavy atom. The van der Waals surface area contributed by atoms with E-state index in [1.165, 1.54) is 0 Å². The smallest absolute Gasteiger partial charge is 0.291 e. The number of fused-ring (bicyclic) bond motifs is 3. The number of rotatable bonds is 3. The number of benzene rings is 1. The summed E-state index contributed by atoms with van der Waals surface area (Å²) in [4.78, 5) is 9.06. The molecule has 0 saturated carbocycles. The van der Waals surface area contributed by atoms with E-state index in [0.29, 0.717) is 44.2 Å². The zero-order valence-electron chi connectivity index (χ0n) is 15.5. The number of hydrogen-bond donors (Lipinski definition) is 0. The zero-order valence-corrected chi connectivity index (χ0v) is 16.3. The third-order valence-electron chi connectivity index (χ3n) is 5.20. The average Bonchev–Trinajstić information content (AvgIpc) is 3.25. The molecule has 1 atom stereocenters. The normalized spacial score (nSPS) is 19.2. The van der Waals surface area contributed by atoms with E-state index in [4.69, 9.17) is 20.9 Å². The maximum atomic E-state index is 14.9. The molecule has 0 amide bonds. The van der Waals surface area contributed by atoms with Crippen molar-refractivity contribution in [2.75, 3.05) is 13.2 Å². The Bertz CT molecular complexity index is 1220. The predicted molar refractivity (Wildman–Crippen MR) is 104 cm³/mol. The van der Waals surface area contributed by atoms with Crippen LogP contribution in [-0.4, -0.2) is 38.8 Å². The van der Waals surface area contributed by atoms with Crippen molar-refractivity contribution in [3.05, 3.63) is 52.8 Å². The maximum Gasteiger partial charge on any atom is 0.291 e. The first-order valence-electron chi connectivity index (χ1n) is 9.25. The molecule has 1 saturated heterocycles. The highest BCUT2D eigenvalue weighted by molar-refractivity contribution is 6.31. The lowest BCUT2D eigenvalue weighted by atomic mass is 10.0. The summed E-state index contributed by atoms with van der Waals surface area (Å²) in [6, 6.07) is 5.93. The van der Waals surface area contributed by atoms with Crippen LogP contribution < -0.4 is 0 Å². The van der Waals surface area contributed by atoms with Crippen LogP contribution in [0.15, 0.2) is 35.0 Å². The van der Waals surface area contributed by atoms with Crippen LogP contribution in [0.2, 0.25) is 5.02 Å². The standard InChI is InChI=1S/C20H17ClF2N4O2/c1-11-6-13(26-29-11)8-18-25-16-9-24-15-3-2-12(21)7-14(15)19(16)27(18)17-4-5-28-10-20(17,22)23/h2-3,6-7,9,17H,4-5,8,10H2,1H3/t17-/m0/s1. The Morgan fingerprint density at radius 3 is 2.90 bits per heavy atom. The van der Waals surface area contributed by atoms with Crippen LogP contribution in [0.25, 0.3) is 21.9 Å². The summed E-state index contributed by atoms with van der Waals surface area (Å²) in [7, 11) is 0. The highest BCUT2D eigenvalue weighted by Gasteiger charge is 2.45. The molecule has 0 aliphatic carbocycles. The molecule has 0 unspecified atom stereocenters. The van der Waals surface area contributed by atoms with Gasteiger partial charge in [0, 0.05) is 23.1 Å². The lowest BCUT2D eigenvalue weighted by Gasteiger charge is -2.33. The second-order valence-electron chi connectivity index (χ2n) is 7.28. The van der Waals surface area contributed by atoms with Gasteiger partial charge >= 0.3 is 0 Å². The van der Waals surface area contributed by atoms with E-state index in [2.05, 4.69) is 15.1 Å². The van der Waals surface area contributed by atoms with Crippen molar-refractivity contribution in [1.82, 2.24) is 19.7 Å². The fourth-order valence-electron chi connectivity index (χ4n) is 3.95. The number of halogens is 3. The van der Waals surface area contributed by atoms with Crippen molar-refractivity contribution in [2.24, 2.45) is 0 Å². The molecule has 5 rings (SSSR count). The van der Waals surface area contributed by atoms with Gasteiger partial charge in [0.2, 0.25) is 0 Å². The van der Waals surface area contributed by atoms with Crippen molar-refractivity contribution in [3.8, 4) is 0 Å². The number of ether oxygens (including phenoxy) is 1. The first kappa shape index (κ1) is 18.4. The summed E-state index contributed by atoms with van der Waals surface area (Å²) in [5.74, 6) is -1.90. The molecule has 0 spiro atoms. The van der Waals surface area contributed by atoms with E-state index < -0.39 is 18.6 Å². The number of nitrogens with zero attached hydrogens (tertiary/aromatic N) is 4. The van der Waals surface area contributed by atoms with Crippen LogP contribution in [-0.2, 0) is 11.2 Å². The molecule has 3 aromatic heterocycles. The van der Waals surface area contributed by atoms with E-state index in [1.807, 2.05) is 0 Å². The summed E-state index contributed by atoms with van der Waals surface area (Å²) in [6.07, 6.45) is 2.05. The van der Waals surface area contributed by atoms with Crippen molar-refractivity contribution in [2.45, 2.75) is 31.7 Å². The van der Waals surface area contributed by atoms with Gasteiger partial charge in [-0.15, -0.1) is 0 Å². The quantitative estimate of drug-likeness (QED) is 0.481. The maximum absolute atomic E-state index is 14.9. The Labute approximate surface area is 169 Å². The highest BCUT2D eigenvalue weighted by Crippen LogP contribution is 2.40. The van der Waals surface area contributed by atoms with Crippen LogP contribution in [0.3, 0.4) is 0 Å². The van der Waals surface area contributed by atoms with Crippen LogP contribution in [0.1, 0.15) is 29.7 Å². The monoisotopic (exact) mass is 418 g/mol. The molecule has 1 aliphatic rings. The SMILES string of the molecule is Cc1cc(Cc2nc3cnc4ccc(Cl)cc4c3n2[C@H]2CCOCC2(F)F)no1. The molecule has 1 fully saturated rings. The summed E-state index contributed by atoms with van der Waals surface area (Å²) in [5.41, 5.74) is 2.43. The van der Waals surface area contributed by atoms with E-state index in [1.54, 1.807) is 42.0 Å². The minimum Gasteiger partial charge on any atom is -0.375 e. The molecule has 9 heteroatoms. The van der Waals surface area contributed by atoms with Gasteiger partial charge in [-0.2, -0.15) is 0 Å². The number of aromatic nitrogens is 4. The number of aryl methyl sites for hydroxylation is 1. The molecule has 0 N–H and O–H groups in total. The van der Waals surface area contributed by atoms with Crippen molar-refractivity contribution >= 4 is 33.5 Å². The van der Waals surface area contributed by atoms with E-state index in [-0.39, 0.29) is 19.4 Å². The van der Waals surface area contributed by atoms with Crippen molar-refractivity contribution in [1.29, 1.82) is 0 Å². The van der Waals surface area contributed by atoms with Gasteiger partial charge in [-0.25, -0.2) is 13.8 Å². The van der Waals surface area contributed by atoms with Crippen LogP contribution in [0.5, 0.6) is 0 Å². The lowest BCUT2D eigenvalue weighted by Crippen LogP contribution is -2.41. The number of imidazole rings is 1. The molecule has 1 aromatic carbocycles. The van der Waals surface area contributed by atoms with Gasteiger partial charge in [-0.05, 0) is 31.5 Å². The molecule has 6 nitrogen and oxygen atoms in total. The molecule has 0 bridgehead atoms. The zero-order chi connectivity index (χ0) is 20.2. The Morgan fingerprint density at radius 1 is 1.28 bits per heavy atom. The molecule has 29 heavy (non-hydrogen) atoms. The van der Waals surface area contributed by atoms with Gasteiger partial charge in [-0.3, -0.25) is 4.98 Å². The van der Waals surface area contributed by atoms with Crippen LogP contribution in [0.4, 0.5) is 8.78 Å². The fraction of sp³-hybridized carbons (Fsp3) is 0.350. The second-order valence-corrected chi connectivity index (χ2v) is 7.71. The minimum atomic E-state index is -3.03. The van der Waals surface area contributed by atoms with Crippen LogP contribution in [0, 0.1) is 6.92 Å². The molecule has 0 radical (unpaired) electrons. The Balaban J connectivity index is 1.79. The first-order valence-corrected chi connectivity index (χ1v) is 9.63. The van der Waals surface area contributed by atoms with Gasteiger partial charge in [-0.1, -0.05) is 16.8 Å². The number of hydrogen-bond acceptors (Lipinski definition) is 5. The highest BCUT2D eigenvalue weighted by atomic mass is 35.5. The molecule has 4 heterocycles. The topological polar surface area (TPSA) is 66.0 Å². The second kappa shape index (κ2) is 6.74. The minimum absolute atomic E-state index is 0.174. The Hall–Kier alpha value is -2.58. The van der Waals surface area contributed by atoms with E-state index >= 15 is 0 Å².